The van der Waals surface area contributed by atoms with Crippen molar-refractivity contribution in [3.63, 3.8) is 0 Å². The molecule has 1 atom stereocenters. The number of halogens is 1. The molecule has 2 nitrogen and oxygen atoms in total. The van der Waals surface area contributed by atoms with Crippen molar-refractivity contribution in [2.45, 2.75) is 31.2 Å². The van der Waals surface area contributed by atoms with Crippen molar-refractivity contribution < 1.29 is 9.18 Å². The minimum Gasteiger partial charge on any atom is -0.349 e. The monoisotopic (exact) mass is 283 g/mol. The molecule has 0 heterocycles. The van der Waals surface area contributed by atoms with Crippen molar-refractivity contribution in [3.05, 3.63) is 71.5 Å². The topological polar surface area (TPSA) is 29.1 Å². The van der Waals surface area contributed by atoms with Gasteiger partial charge in [-0.3, -0.25) is 4.79 Å². The van der Waals surface area contributed by atoms with Crippen LogP contribution in [0.15, 0.2) is 54.6 Å². The van der Waals surface area contributed by atoms with E-state index in [1.807, 2.05) is 37.3 Å². The highest BCUT2D eigenvalue weighted by Crippen LogP contribution is 2.48. The van der Waals surface area contributed by atoms with Gasteiger partial charge in [-0.1, -0.05) is 42.5 Å². The summed E-state index contributed by atoms with van der Waals surface area (Å²) in [5.74, 6) is -0.203. The Hall–Kier alpha value is -2.16. The second-order valence-electron chi connectivity index (χ2n) is 5.69. The summed E-state index contributed by atoms with van der Waals surface area (Å²) < 4.78 is 12.9. The van der Waals surface area contributed by atoms with Crippen LogP contribution in [0, 0.1) is 5.82 Å². The number of carbonyl (C=O) groups is 1. The van der Waals surface area contributed by atoms with Crippen molar-refractivity contribution >= 4 is 5.91 Å². The van der Waals surface area contributed by atoms with Gasteiger partial charge in [0.1, 0.15) is 5.82 Å². The van der Waals surface area contributed by atoms with Gasteiger partial charge in [0.05, 0.1) is 11.5 Å². The van der Waals surface area contributed by atoms with E-state index in [1.165, 1.54) is 12.1 Å². The van der Waals surface area contributed by atoms with Crippen LogP contribution in [0.5, 0.6) is 0 Å². The first-order chi connectivity index (χ1) is 10.1. The third-order valence-corrected chi connectivity index (χ3v) is 4.23. The fourth-order valence-electron chi connectivity index (χ4n) is 2.70. The Morgan fingerprint density at radius 2 is 1.71 bits per heavy atom. The van der Waals surface area contributed by atoms with E-state index < -0.39 is 0 Å². The summed E-state index contributed by atoms with van der Waals surface area (Å²) in [5.41, 5.74) is 1.62. The van der Waals surface area contributed by atoms with Gasteiger partial charge in [-0.25, -0.2) is 4.39 Å². The van der Waals surface area contributed by atoms with Gasteiger partial charge in [-0.15, -0.1) is 0 Å². The van der Waals surface area contributed by atoms with Gasteiger partial charge in [-0.2, -0.15) is 0 Å². The van der Waals surface area contributed by atoms with Crippen LogP contribution in [0.25, 0.3) is 0 Å². The summed E-state index contributed by atoms with van der Waals surface area (Å²) in [4.78, 5) is 12.6. The van der Waals surface area contributed by atoms with Gasteiger partial charge in [0.15, 0.2) is 0 Å². The summed E-state index contributed by atoms with van der Waals surface area (Å²) in [6.07, 6.45) is 1.78. The molecule has 0 unspecified atom stereocenters. The SMILES string of the molecule is C[C@H](NC(=O)C1(c2ccccc2)CC1)c1ccc(F)cc1. The largest absolute Gasteiger partial charge is 0.349 e. The molecule has 21 heavy (non-hydrogen) atoms. The lowest BCUT2D eigenvalue weighted by atomic mass is 9.94. The zero-order chi connectivity index (χ0) is 14.9. The molecular weight excluding hydrogens is 265 g/mol. The van der Waals surface area contributed by atoms with Crippen LogP contribution in [-0.4, -0.2) is 5.91 Å². The van der Waals surface area contributed by atoms with Crippen molar-refractivity contribution in [2.24, 2.45) is 0 Å². The standard InChI is InChI=1S/C18H18FNO/c1-13(14-7-9-16(19)10-8-14)20-17(21)18(11-12-18)15-5-3-2-4-6-15/h2-10,13H,11-12H2,1H3,(H,20,21)/t13-/m0/s1. The smallest absolute Gasteiger partial charge is 0.231 e. The summed E-state index contributed by atoms with van der Waals surface area (Å²) in [6, 6.07) is 16.0. The molecule has 1 N–H and O–H groups in total. The average molecular weight is 283 g/mol. The first kappa shape index (κ1) is 13.8. The van der Waals surface area contributed by atoms with E-state index in [2.05, 4.69) is 5.32 Å². The molecule has 0 aromatic heterocycles. The van der Waals surface area contributed by atoms with E-state index in [9.17, 15) is 9.18 Å². The maximum Gasteiger partial charge on any atom is 0.231 e. The van der Waals surface area contributed by atoms with Gasteiger partial charge in [-0.05, 0) is 43.0 Å². The van der Waals surface area contributed by atoms with Crippen molar-refractivity contribution in [2.75, 3.05) is 0 Å². The molecule has 2 aromatic rings. The Balaban J connectivity index is 1.73. The fourth-order valence-corrected chi connectivity index (χ4v) is 2.70. The van der Waals surface area contributed by atoms with Gasteiger partial charge in [0, 0.05) is 0 Å². The normalized spacial score (nSPS) is 17.0. The molecule has 2 aromatic carbocycles. The lowest BCUT2D eigenvalue weighted by Gasteiger charge is -2.20. The molecule has 1 saturated carbocycles. The Morgan fingerprint density at radius 1 is 1.10 bits per heavy atom. The Morgan fingerprint density at radius 3 is 2.29 bits per heavy atom. The number of benzene rings is 2. The van der Waals surface area contributed by atoms with E-state index in [0.717, 1.165) is 24.0 Å². The zero-order valence-corrected chi connectivity index (χ0v) is 12.0. The first-order valence-electron chi connectivity index (χ1n) is 7.24. The average Bonchev–Trinajstić information content (AvgIpc) is 3.30. The number of hydrogen-bond acceptors (Lipinski definition) is 1. The van der Waals surface area contributed by atoms with E-state index in [1.54, 1.807) is 12.1 Å². The number of hydrogen-bond donors (Lipinski definition) is 1. The first-order valence-corrected chi connectivity index (χ1v) is 7.24. The van der Waals surface area contributed by atoms with Crippen LogP contribution in [0.4, 0.5) is 4.39 Å². The second kappa shape index (κ2) is 5.32. The van der Waals surface area contributed by atoms with Crippen molar-refractivity contribution in [3.8, 4) is 0 Å². The molecule has 1 fully saturated rings. The summed E-state index contributed by atoms with van der Waals surface area (Å²) in [5, 5.41) is 3.06. The summed E-state index contributed by atoms with van der Waals surface area (Å²) in [6.45, 7) is 1.92. The molecule has 0 spiro atoms. The highest BCUT2D eigenvalue weighted by molar-refractivity contribution is 5.91. The molecule has 0 saturated heterocycles. The van der Waals surface area contributed by atoms with E-state index in [0.29, 0.717) is 0 Å². The maximum atomic E-state index is 12.9. The number of nitrogens with one attached hydrogen (secondary N) is 1. The number of rotatable bonds is 4. The van der Waals surface area contributed by atoms with Gasteiger partial charge in [0.2, 0.25) is 5.91 Å². The highest BCUT2D eigenvalue weighted by Gasteiger charge is 2.51. The van der Waals surface area contributed by atoms with Crippen LogP contribution >= 0.6 is 0 Å². The molecule has 1 aliphatic rings. The lowest BCUT2D eigenvalue weighted by Crippen LogP contribution is -2.36. The molecule has 0 bridgehead atoms. The van der Waals surface area contributed by atoms with Crippen LogP contribution in [0.2, 0.25) is 0 Å². The lowest BCUT2D eigenvalue weighted by molar-refractivity contribution is -0.124. The van der Waals surface area contributed by atoms with Gasteiger partial charge < -0.3 is 5.32 Å². The third kappa shape index (κ3) is 2.68. The molecule has 3 rings (SSSR count). The molecule has 3 heteroatoms. The number of amides is 1. The summed E-state index contributed by atoms with van der Waals surface area (Å²) in [7, 11) is 0. The molecule has 108 valence electrons. The van der Waals surface area contributed by atoms with Crippen LogP contribution < -0.4 is 5.32 Å². The Bertz CT molecular complexity index is 632. The van der Waals surface area contributed by atoms with Gasteiger partial charge in [0.25, 0.3) is 0 Å². The Kier molecular flexibility index (Phi) is 3.50. The van der Waals surface area contributed by atoms with E-state index in [-0.39, 0.29) is 23.2 Å². The van der Waals surface area contributed by atoms with Gasteiger partial charge >= 0.3 is 0 Å². The zero-order valence-electron chi connectivity index (χ0n) is 12.0. The van der Waals surface area contributed by atoms with Crippen LogP contribution in [-0.2, 0) is 10.2 Å². The molecule has 0 radical (unpaired) electrons. The van der Waals surface area contributed by atoms with Crippen LogP contribution in [0.1, 0.15) is 36.9 Å². The quantitative estimate of drug-likeness (QED) is 0.910. The van der Waals surface area contributed by atoms with Crippen molar-refractivity contribution in [1.82, 2.24) is 5.32 Å². The Labute approximate surface area is 124 Å². The minimum atomic E-state index is -0.366. The molecule has 0 aliphatic heterocycles. The predicted octanol–water partition coefficient (Wildman–Crippen LogP) is 3.73. The van der Waals surface area contributed by atoms with E-state index >= 15 is 0 Å². The third-order valence-electron chi connectivity index (χ3n) is 4.23. The number of carbonyl (C=O) groups excluding carboxylic acids is 1. The molecular formula is C18H18FNO. The van der Waals surface area contributed by atoms with Crippen LogP contribution in [0.3, 0.4) is 0 Å². The highest BCUT2D eigenvalue weighted by atomic mass is 19.1. The van der Waals surface area contributed by atoms with Crippen molar-refractivity contribution in [1.29, 1.82) is 0 Å². The maximum absolute atomic E-state index is 12.9. The molecule has 1 amide bonds. The second-order valence-corrected chi connectivity index (χ2v) is 5.69. The molecule has 1 aliphatic carbocycles. The fraction of sp³-hybridized carbons (Fsp3) is 0.278. The summed E-state index contributed by atoms with van der Waals surface area (Å²) >= 11 is 0. The minimum absolute atomic E-state index is 0.0607. The predicted molar refractivity (Wildman–Crippen MR) is 80.3 cm³/mol. The van der Waals surface area contributed by atoms with E-state index in [4.69, 9.17) is 0 Å².